The van der Waals surface area contributed by atoms with Crippen molar-refractivity contribution in [3.63, 3.8) is 0 Å². The molecule has 20 heavy (non-hydrogen) atoms. The summed E-state index contributed by atoms with van der Waals surface area (Å²) < 4.78 is 5.74. The van der Waals surface area contributed by atoms with E-state index in [1.807, 2.05) is 6.92 Å². The van der Waals surface area contributed by atoms with Crippen LogP contribution in [0.1, 0.15) is 39.0 Å². The topological polar surface area (TPSA) is 78.9 Å². The lowest BCUT2D eigenvalue weighted by atomic mass is 9.51. The third-order valence-corrected chi connectivity index (χ3v) is 4.74. The van der Waals surface area contributed by atoms with Crippen LogP contribution in [0.5, 0.6) is 0 Å². The van der Waals surface area contributed by atoms with E-state index in [4.69, 9.17) is 9.84 Å². The summed E-state index contributed by atoms with van der Waals surface area (Å²) in [5.41, 5.74) is 0.138. The number of hydrogen-bond acceptors (Lipinski definition) is 3. The molecule has 0 aromatic carbocycles. The second-order valence-electron chi connectivity index (χ2n) is 5.83. The zero-order chi connectivity index (χ0) is 14.8. The number of ether oxygens (including phenoxy) is 1. The maximum Gasteiger partial charge on any atom is 0.317 e. The molecular weight excluding hydrogens is 260 g/mol. The molecule has 0 aromatic heterocycles. The van der Waals surface area contributed by atoms with Crippen molar-refractivity contribution in [1.29, 1.82) is 0 Å². The number of carboxylic acid groups (broad SMARTS) is 1. The zero-order valence-electron chi connectivity index (χ0n) is 12.2. The predicted octanol–water partition coefficient (Wildman–Crippen LogP) is 1.45. The molecule has 0 saturated heterocycles. The molecule has 0 aliphatic heterocycles. The van der Waals surface area contributed by atoms with Gasteiger partial charge in [-0.05, 0) is 26.2 Å². The second-order valence-corrected chi connectivity index (χ2v) is 5.83. The summed E-state index contributed by atoms with van der Waals surface area (Å²) in [6, 6.07) is -0.00921. The quantitative estimate of drug-likeness (QED) is 0.774. The number of amides is 2. The van der Waals surface area contributed by atoms with Crippen LogP contribution < -0.4 is 5.32 Å². The van der Waals surface area contributed by atoms with Crippen LogP contribution in [0.15, 0.2) is 0 Å². The highest BCUT2D eigenvalue weighted by Crippen LogP contribution is 2.57. The van der Waals surface area contributed by atoms with Crippen molar-refractivity contribution in [2.75, 3.05) is 20.2 Å². The van der Waals surface area contributed by atoms with Gasteiger partial charge in [0, 0.05) is 31.7 Å². The number of aliphatic carboxylic acids is 1. The van der Waals surface area contributed by atoms with Gasteiger partial charge in [-0.25, -0.2) is 4.79 Å². The molecule has 2 amide bonds. The highest BCUT2D eigenvalue weighted by atomic mass is 16.5. The highest BCUT2D eigenvalue weighted by molar-refractivity contribution is 5.75. The van der Waals surface area contributed by atoms with Gasteiger partial charge in [-0.1, -0.05) is 6.42 Å². The Bertz CT molecular complexity index is 381. The predicted molar refractivity (Wildman–Crippen MR) is 73.5 cm³/mol. The van der Waals surface area contributed by atoms with E-state index in [9.17, 15) is 9.59 Å². The summed E-state index contributed by atoms with van der Waals surface area (Å²) in [4.78, 5) is 24.0. The molecule has 0 bridgehead atoms. The largest absolute Gasteiger partial charge is 0.481 e. The van der Waals surface area contributed by atoms with Gasteiger partial charge in [0.15, 0.2) is 0 Å². The minimum absolute atomic E-state index is 0.0265. The van der Waals surface area contributed by atoms with Crippen molar-refractivity contribution < 1.29 is 19.4 Å². The van der Waals surface area contributed by atoms with E-state index in [0.29, 0.717) is 6.61 Å². The molecule has 0 heterocycles. The Morgan fingerprint density at radius 1 is 1.45 bits per heavy atom. The van der Waals surface area contributed by atoms with Gasteiger partial charge in [0.25, 0.3) is 0 Å². The van der Waals surface area contributed by atoms with Gasteiger partial charge in [0.05, 0.1) is 12.5 Å². The molecular formula is C14H24N2O4. The van der Waals surface area contributed by atoms with Gasteiger partial charge in [0.2, 0.25) is 0 Å². The van der Waals surface area contributed by atoms with Crippen LogP contribution in [0.2, 0.25) is 0 Å². The van der Waals surface area contributed by atoms with E-state index >= 15 is 0 Å². The number of carbonyl (C=O) groups excluding carboxylic acids is 1. The molecule has 6 nitrogen and oxygen atoms in total. The molecule has 1 spiro atoms. The third kappa shape index (κ3) is 2.75. The Labute approximate surface area is 119 Å². The SMILES string of the molecule is CCOC1CC(NC(=O)N(C)CCC(=O)O)C12CCC2. The van der Waals surface area contributed by atoms with Crippen molar-refractivity contribution in [2.45, 2.75) is 51.2 Å². The van der Waals surface area contributed by atoms with Gasteiger partial charge in [0.1, 0.15) is 0 Å². The molecule has 2 atom stereocenters. The lowest BCUT2D eigenvalue weighted by molar-refractivity contribution is -0.169. The molecule has 2 unspecified atom stereocenters. The van der Waals surface area contributed by atoms with Crippen LogP contribution in [-0.4, -0.2) is 54.4 Å². The lowest BCUT2D eigenvalue weighted by Crippen LogP contribution is -2.68. The molecule has 2 aliphatic carbocycles. The second kappa shape index (κ2) is 5.99. The number of nitrogens with one attached hydrogen (secondary N) is 1. The average molecular weight is 284 g/mol. The molecule has 0 aromatic rings. The minimum Gasteiger partial charge on any atom is -0.481 e. The molecule has 2 saturated carbocycles. The van der Waals surface area contributed by atoms with Crippen molar-refractivity contribution in [1.82, 2.24) is 10.2 Å². The fourth-order valence-corrected chi connectivity index (χ4v) is 3.26. The average Bonchev–Trinajstić information content (AvgIpc) is 2.32. The molecule has 2 N–H and O–H groups in total. The Hall–Kier alpha value is -1.30. The van der Waals surface area contributed by atoms with Gasteiger partial charge < -0.3 is 20.1 Å². The summed E-state index contributed by atoms with van der Waals surface area (Å²) in [5.74, 6) is -0.889. The standard InChI is InChI=1S/C14H24N2O4/c1-3-20-11-9-10(14(11)6-4-7-14)15-13(19)16(2)8-5-12(17)18/h10-11H,3-9H2,1-2H3,(H,15,19)(H,17,18). The van der Waals surface area contributed by atoms with E-state index in [1.54, 1.807) is 7.05 Å². The maximum absolute atomic E-state index is 12.0. The van der Waals surface area contributed by atoms with E-state index in [-0.39, 0.29) is 36.6 Å². The van der Waals surface area contributed by atoms with E-state index < -0.39 is 5.97 Å². The normalized spacial score (nSPS) is 26.5. The molecule has 6 heteroatoms. The first-order chi connectivity index (χ1) is 9.49. The van der Waals surface area contributed by atoms with Crippen LogP contribution in [0, 0.1) is 5.41 Å². The van der Waals surface area contributed by atoms with E-state index in [0.717, 1.165) is 19.3 Å². The smallest absolute Gasteiger partial charge is 0.317 e. The van der Waals surface area contributed by atoms with Crippen LogP contribution in [0.3, 0.4) is 0 Å². The number of carboxylic acids is 1. The fraction of sp³-hybridized carbons (Fsp3) is 0.857. The summed E-state index contributed by atoms with van der Waals surface area (Å²) in [7, 11) is 1.63. The number of urea groups is 1. The third-order valence-electron chi connectivity index (χ3n) is 4.74. The number of carbonyl (C=O) groups is 2. The number of hydrogen-bond donors (Lipinski definition) is 2. The van der Waals surface area contributed by atoms with Crippen LogP contribution in [0.4, 0.5) is 4.79 Å². The fourth-order valence-electron chi connectivity index (χ4n) is 3.26. The first-order valence-electron chi connectivity index (χ1n) is 7.34. The van der Waals surface area contributed by atoms with Crippen LogP contribution >= 0.6 is 0 Å². The van der Waals surface area contributed by atoms with Crippen molar-refractivity contribution >= 4 is 12.0 Å². The first-order valence-corrected chi connectivity index (χ1v) is 7.34. The van der Waals surface area contributed by atoms with Gasteiger partial charge >= 0.3 is 12.0 Å². The highest BCUT2D eigenvalue weighted by Gasteiger charge is 2.59. The Morgan fingerprint density at radius 3 is 2.65 bits per heavy atom. The monoisotopic (exact) mass is 284 g/mol. The van der Waals surface area contributed by atoms with Crippen LogP contribution in [0.25, 0.3) is 0 Å². The molecule has 114 valence electrons. The maximum atomic E-state index is 12.0. The number of rotatable bonds is 6. The van der Waals surface area contributed by atoms with Crippen molar-refractivity contribution in [3.8, 4) is 0 Å². The summed E-state index contributed by atoms with van der Waals surface area (Å²) in [6.45, 7) is 2.94. The van der Waals surface area contributed by atoms with Crippen LogP contribution in [-0.2, 0) is 9.53 Å². The molecule has 2 rings (SSSR count). The first kappa shape index (κ1) is 15.1. The lowest BCUT2D eigenvalue weighted by Gasteiger charge is -2.61. The minimum atomic E-state index is -0.889. The molecule has 2 fully saturated rings. The van der Waals surface area contributed by atoms with E-state index in [2.05, 4.69) is 5.32 Å². The van der Waals surface area contributed by atoms with Gasteiger partial charge in [-0.15, -0.1) is 0 Å². The molecule has 0 radical (unpaired) electrons. The summed E-state index contributed by atoms with van der Waals surface area (Å²) in [6.07, 6.45) is 4.54. The van der Waals surface area contributed by atoms with Crippen molar-refractivity contribution in [2.24, 2.45) is 5.41 Å². The number of nitrogens with zero attached hydrogens (tertiary/aromatic N) is 1. The zero-order valence-corrected chi connectivity index (χ0v) is 12.2. The summed E-state index contributed by atoms with van der Waals surface area (Å²) in [5, 5.41) is 11.7. The van der Waals surface area contributed by atoms with E-state index in [1.165, 1.54) is 11.3 Å². The van der Waals surface area contributed by atoms with Gasteiger partial charge in [-0.2, -0.15) is 0 Å². The Kier molecular flexibility index (Phi) is 4.52. The Balaban J connectivity index is 1.81. The Morgan fingerprint density at radius 2 is 2.15 bits per heavy atom. The van der Waals surface area contributed by atoms with Crippen molar-refractivity contribution in [3.05, 3.63) is 0 Å². The molecule has 2 aliphatic rings. The van der Waals surface area contributed by atoms with Gasteiger partial charge in [-0.3, -0.25) is 4.79 Å². The summed E-state index contributed by atoms with van der Waals surface area (Å²) >= 11 is 0.